The van der Waals surface area contributed by atoms with E-state index >= 15 is 0 Å². The van der Waals surface area contributed by atoms with Crippen LogP contribution >= 0.6 is 0 Å². The van der Waals surface area contributed by atoms with E-state index in [9.17, 15) is 0 Å². The van der Waals surface area contributed by atoms with Crippen LogP contribution in [0.2, 0.25) is 0 Å². The summed E-state index contributed by atoms with van der Waals surface area (Å²) in [6.07, 6.45) is 2.65. The standard InChI is InChI=1S/C13H23N3/c1-6-11-7-12(16-8-15-11)13(9(2)3)10(4)14-5/h7-10,13-14H,6H2,1-5H3. The lowest BCUT2D eigenvalue weighted by molar-refractivity contribution is 0.387. The van der Waals surface area contributed by atoms with Crippen molar-refractivity contribution >= 4 is 0 Å². The maximum atomic E-state index is 4.43. The first-order valence-electron chi connectivity index (χ1n) is 6.08. The molecular weight excluding hydrogens is 198 g/mol. The highest BCUT2D eigenvalue weighted by Crippen LogP contribution is 2.26. The summed E-state index contributed by atoms with van der Waals surface area (Å²) in [5.74, 6) is 1.01. The molecule has 0 radical (unpaired) electrons. The molecule has 0 saturated heterocycles. The molecular formula is C13H23N3. The van der Waals surface area contributed by atoms with Gasteiger partial charge in [-0.3, -0.25) is 0 Å². The minimum atomic E-state index is 0.430. The van der Waals surface area contributed by atoms with Crippen LogP contribution in [0.4, 0.5) is 0 Å². The molecule has 16 heavy (non-hydrogen) atoms. The van der Waals surface area contributed by atoms with E-state index in [1.807, 2.05) is 7.05 Å². The maximum absolute atomic E-state index is 4.43. The second-order valence-electron chi connectivity index (χ2n) is 4.63. The summed E-state index contributed by atoms with van der Waals surface area (Å²) in [4.78, 5) is 8.68. The lowest BCUT2D eigenvalue weighted by Crippen LogP contribution is -2.32. The van der Waals surface area contributed by atoms with Crippen LogP contribution in [-0.4, -0.2) is 23.1 Å². The van der Waals surface area contributed by atoms with E-state index in [4.69, 9.17) is 0 Å². The van der Waals surface area contributed by atoms with E-state index in [-0.39, 0.29) is 0 Å². The fourth-order valence-electron chi connectivity index (χ4n) is 2.15. The number of nitrogens with one attached hydrogen (secondary N) is 1. The Morgan fingerprint density at radius 1 is 1.25 bits per heavy atom. The highest BCUT2D eigenvalue weighted by Gasteiger charge is 2.23. The molecule has 0 saturated carbocycles. The van der Waals surface area contributed by atoms with Gasteiger partial charge in [0.1, 0.15) is 6.33 Å². The number of aromatic nitrogens is 2. The van der Waals surface area contributed by atoms with Gasteiger partial charge in [-0.15, -0.1) is 0 Å². The molecule has 90 valence electrons. The molecule has 0 aromatic carbocycles. The average molecular weight is 221 g/mol. The molecule has 2 unspecified atom stereocenters. The number of hydrogen-bond donors (Lipinski definition) is 1. The number of aryl methyl sites for hydroxylation is 1. The van der Waals surface area contributed by atoms with Crippen molar-refractivity contribution < 1.29 is 0 Å². The predicted octanol–water partition coefficient (Wildman–Crippen LogP) is 2.39. The van der Waals surface area contributed by atoms with Gasteiger partial charge in [-0.05, 0) is 32.4 Å². The lowest BCUT2D eigenvalue weighted by atomic mass is 9.86. The SMILES string of the molecule is CCc1cc(C(C(C)C)C(C)NC)ncn1. The van der Waals surface area contributed by atoms with Gasteiger partial charge < -0.3 is 5.32 Å². The number of nitrogens with zero attached hydrogens (tertiary/aromatic N) is 2. The summed E-state index contributed by atoms with van der Waals surface area (Å²) in [6, 6.07) is 2.57. The van der Waals surface area contributed by atoms with E-state index in [0.717, 1.165) is 17.8 Å². The van der Waals surface area contributed by atoms with Crippen molar-refractivity contribution in [2.75, 3.05) is 7.05 Å². The normalized spacial score (nSPS) is 15.1. The Morgan fingerprint density at radius 2 is 1.94 bits per heavy atom. The van der Waals surface area contributed by atoms with Crippen molar-refractivity contribution in [1.29, 1.82) is 0 Å². The Labute approximate surface area is 98.7 Å². The average Bonchev–Trinajstić information content (AvgIpc) is 2.29. The number of hydrogen-bond acceptors (Lipinski definition) is 3. The second kappa shape index (κ2) is 5.94. The zero-order chi connectivity index (χ0) is 12.1. The molecule has 1 aromatic rings. The first kappa shape index (κ1) is 13.1. The molecule has 3 heteroatoms. The van der Waals surface area contributed by atoms with Crippen LogP contribution in [0, 0.1) is 5.92 Å². The van der Waals surface area contributed by atoms with E-state index < -0.39 is 0 Å². The largest absolute Gasteiger partial charge is 0.317 e. The minimum absolute atomic E-state index is 0.430. The van der Waals surface area contributed by atoms with E-state index in [0.29, 0.717) is 17.9 Å². The zero-order valence-corrected chi connectivity index (χ0v) is 11.0. The predicted molar refractivity (Wildman–Crippen MR) is 67.5 cm³/mol. The van der Waals surface area contributed by atoms with Crippen LogP contribution in [-0.2, 0) is 6.42 Å². The molecule has 0 bridgehead atoms. The lowest BCUT2D eigenvalue weighted by Gasteiger charge is -2.26. The van der Waals surface area contributed by atoms with Crippen LogP contribution < -0.4 is 5.32 Å². The first-order valence-corrected chi connectivity index (χ1v) is 6.08. The van der Waals surface area contributed by atoms with Gasteiger partial charge in [-0.1, -0.05) is 20.8 Å². The Kier molecular flexibility index (Phi) is 4.87. The van der Waals surface area contributed by atoms with Crippen molar-refractivity contribution in [3.63, 3.8) is 0 Å². The van der Waals surface area contributed by atoms with Crippen LogP contribution in [0.1, 0.15) is 45.0 Å². The van der Waals surface area contributed by atoms with Gasteiger partial charge in [0.25, 0.3) is 0 Å². The fraction of sp³-hybridized carbons (Fsp3) is 0.692. The Morgan fingerprint density at radius 3 is 2.44 bits per heavy atom. The van der Waals surface area contributed by atoms with Gasteiger partial charge in [0.15, 0.2) is 0 Å². The van der Waals surface area contributed by atoms with Crippen LogP contribution in [0.5, 0.6) is 0 Å². The number of likely N-dealkylation sites (N-methyl/N-ethyl adjacent to an activating group) is 1. The zero-order valence-electron chi connectivity index (χ0n) is 11.0. The molecule has 3 nitrogen and oxygen atoms in total. The molecule has 0 aliphatic carbocycles. The van der Waals surface area contributed by atoms with Crippen molar-refractivity contribution in [2.24, 2.45) is 5.92 Å². The maximum Gasteiger partial charge on any atom is 0.115 e. The topological polar surface area (TPSA) is 37.8 Å². The third-order valence-electron chi connectivity index (χ3n) is 3.16. The van der Waals surface area contributed by atoms with Crippen molar-refractivity contribution in [3.05, 3.63) is 23.8 Å². The van der Waals surface area contributed by atoms with Crippen molar-refractivity contribution in [1.82, 2.24) is 15.3 Å². The van der Waals surface area contributed by atoms with Crippen LogP contribution in [0.15, 0.2) is 12.4 Å². The summed E-state index contributed by atoms with van der Waals surface area (Å²) in [5, 5.41) is 3.32. The van der Waals surface area contributed by atoms with Gasteiger partial charge in [0.05, 0.1) is 0 Å². The quantitative estimate of drug-likeness (QED) is 0.829. The summed E-state index contributed by atoms with van der Waals surface area (Å²) in [7, 11) is 2.00. The van der Waals surface area contributed by atoms with Crippen molar-refractivity contribution in [3.8, 4) is 0 Å². The second-order valence-corrected chi connectivity index (χ2v) is 4.63. The molecule has 1 rings (SSSR count). The summed E-state index contributed by atoms with van der Waals surface area (Å²) in [5.41, 5.74) is 2.28. The molecule has 1 heterocycles. The van der Waals surface area contributed by atoms with Gasteiger partial charge in [-0.25, -0.2) is 9.97 Å². The smallest absolute Gasteiger partial charge is 0.115 e. The third kappa shape index (κ3) is 3.01. The van der Waals surface area contributed by atoms with E-state index in [1.165, 1.54) is 0 Å². The number of rotatable bonds is 5. The molecule has 2 atom stereocenters. The summed E-state index contributed by atoms with van der Waals surface area (Å²) >= 11 is 0. The molecule has 0 amide bonds. The minimum Gasteiger partial charge on any atom is -0.317 e. The van der Waals surface area contributed by atoms with Crippen molar-refractivity contribution in [2.45, 2.75) is 46.1 Å². The molecule has 0 aliphatic heterocycles. The molecule has 0 fully saturated rings. The highest BCUT2D eigenvalue weighted by molar-refractivity contribution is 5.15. The van der Waals surface area contributed by atoms with E-state index in [1.54, 1.807) is 6.33 Å². The first-order chi connectivity index (χ1) is 7.60. The van der Waals surface area contributed by atoms with Gasteiger partial charge >= 0.3 is 0 Å². The molecule has 1 N–H and O–H groups in total. The van der Waals surface area contributed by atoms with E-state index in [2.05, 4.69) is 49.0 Å². The van der Waals surface area contributed by atoms with Crippen LogP contribution in [0.3, 0.4) is 0 Å². The van der Waals surface area contributed by atoms with Crippen LogP contribution in [0.25, 0.3) is 0 Å². The summed E-state index contributed by atoms with van der Waals surface area (Å²) in [6.45, 7) is 8.81. The Balaban J connectivity index is 3.00. The Hall–Kier alpha value is -0.960. The molecule has 0 aliphatic rings. The molecule has 1 aromatic heterocycles. The summed E-state index contributed by atoms with van der Waals surface area (Å²) < 4.78 is 0. The molecule has 0 spiro atoms. The monoisotopic (exact) mass is 221 g/mol. The highest BCUT2D eigenvalue weighted by atomic mass is 14.9. The van der Waals surface area contributed by atoms with Gasteiger partial charge in [0.2, 0.25) is 0 Å². The van der Waals surface area contributed by atoms with Gasteiger partial charge in [-0.2, -0.15) is 0 Å². The fourth-order valence-corrected chi connectivity index (χ4v) is 2.15. The Bertz CT molecular complexity index is 323. The third-order valence-corrected chi connectivity index (χ3v) is 3.16. The van der Waals surface area contributed by atoms with Gasteiger partial charge in [0, 0.05) is 23.3 Å².